The van der Waals surface area contributed by atoms with E-state index in [9.17, 15) is 9.18 Å². The second-order valence-electron chi connectivity index (χ2n) is 5.40. The maximum atomic E-state index is 13.6. The maximum Gasteiger partial charge on any atom is 0.206 e. The SMILES string of the molecule is Cc1ccc(C(=O)CNc2nnc(SCc3ccccc3F)s2)cc1. The molecule has 4 nitrogen and oxygen atoms in total. The molecule has 25 heavy (non-hydrogen) atoms. The van der Waals surface area contributed by atoms with E-state index in [-0.39, 0.29) is 18.1 Å². The number of benzene rings is 2. The van der Waals surface area contributed by atoms with Crippen molar-refractivity contribution in [2.75, 3.05) is 11.9 Å². The van der Waals surface area contributed by atoms with Crippen molar-refractivity contribution in [2.45, 2.75) is 17.0 Å². The molecule has 1 heterocycles. The summed E-state index contributed by atoms with van der Waals surface area (Å²) in [6.07, 6.45) is 0. The molecule has 0 atom stereocenters. The molecule has 0 aliphatic heterocycles. The molecule has 3 aromatic rings. The molecule has 0 bridgehead atoms. The van der Waals surface area contributed by atoms with Crippen molar-refractivity contribution < 1.29 is 9.18 Å². The number of halogens is 1. The van der Waals surface area contributed by atoms with Gasteiger partial charge in [0, 0.05) is 11.3 Å². The summed E-state index contributed by atoms with van der Waals surface area (Å²) in [5, 5.41) is 11.7. The van der Waals surface area contributed by atoms with Crippen LogP contribution in [0, 0.1) is 12.7 Å². The van der Waals surface area contributed by atoms with Crippen LogP contribution in [0.25, 0.3) is 0 Å². The molecule has 3 rings (SSSR count). The number of anilines is 1. The van der Waals surface area contributed by atoms with Crippen molar-refractivity contribution in [3.05, 3.63) is 71.0 Å². The van der Waals surface area contributed by atoms with Crippen molar-refractivity contribution in [2.24, 2.45) is 0 Å². The molecule has 1 N–H and O–H groups in total. The van der Waals surface area contributed by atoms with Crippen molar-refractivity contribution in [1.82, 2.24) is 10.2 Å². The van der Waals surface area contributed by atoms with Crippen LogP contribution in [0.15, 0.2) is 52.9 Å². The molecular formula is C18H16FN3OS2. The smallest absolute Gasteiger partial charge is 0.206 e. The summed E-state index contributed by atoms with van der Waals surface area (Å²) >= 11 is 2.77. The zero-order chi connectivity index (χ0) is 17.6. The third-order valence-electron chi connectivity index (χ3n) is 3.49. The van der Waals surface area contributed by atoms with Crippen LogP contribution in [0.3, 0.4) is 0 Å². The first-order valence-corrected chi connectivity index (χ1v) is 9.45. The summed E-state index contributed by atoms with van der Waals surface area (Å²) in [7, 11) is 0. The van der Waals surface area contributed by atoms with Gasteiger partial charge in [-0.2, -0.15) is 0 Å². The highest BCUT2D eigenvalue weighted by Gasteiger charge is 2.10. The fourth-order valence-electron chi connectivity index (χ4n) is 2.09. The number of nitrogens with one attached hydrogen (secondary N) is 1. The van der Waals surface area contributed by atoms with Gasteiger partial charge in [-0.15, -0.1) is 10.2 Å². The lowest BCUT2D eigenvalue weighted by atomic mass is 10.1. The van der Waals surface area contributed by atoms with Crippen molar-refractivity contribution >= 4 is 34.0 Å². The molecule has 0 aliphatic rings. The second-order valence-corrected chi connectivity index (χ2v) is 7.60. The number of thioether (sulfide) groups is 1. The molecule has 0 spiro atoms. The number of aryl methyl sites for hydroxylation is 1. The van der Waals surface area contributed by atoms with Crippen molar-refractivity contribution in [3.63, 3.8) is 0 Å². The Labute approximate surface area is 153 Å². The van der Waals surface area contributed by atoms with Crippen molar-refractivity contribution in [3.8, 4) is 0 Å². The Morgan fingerprint density at radius 3 is 2.68 bits per heavy atom. The number of Topliss-reactive ketones (excluding diaryl/α,β-unsaturated/α-hetero) is 1. The van der Waals surface area contributed by atoms with E-state index in [1.54, 1.807) is 12.1 Å². The van der Waals surface area contributed by atoms with Crippen LogP contribution in [0.4, 0.5) is 9.52 Å². The minimum Gasteiger partial charge on any atom is -0.353 e. The Hall–Kier alpha value is -2.25. The van der Waals surface area contributed by atoms with Gasteiger partial charge in [0.1, 0.15) is 5.82 Å². The van der Waals surface area contributed by atoms with Gasteiger partial charge in [0.15, 0.2) is 10.1 Å². The molecule has 1 aromatic heterocycles. The number of hydrogen-bond donors (Lipinski definition) is 1. The summed E-state index contributed by atoms with van der Waals surface area (Å²) in [6, 6.07) is 14.1. The molecule has 0 amide bonds. The van der Waals surface area contributed by atoms with E-state index in [2.05, 4.69) is 15.5 Å². The zero-order valence-electron chi connectivity index (χ0n) is 13.5. The second kappa shape index (κ2) is 8.22. The highest BCUT2D eigenvalue weighted by atomic mass is 32.2. The summed E-state index contributed by atoms with van der Waals surface area (Å²) in [5.41, 5.74) is 2.41. The minimum absolute atomic E-state index is 0.00393. The van der Waals surface area contributed by atoms with Crippen LogP contribution < -0.4 is 5.32 Å². The van der Waals surface area contributed by atoms with E-state index >= 15 is 0 Å². The zero-order valence-corrected chi connectivity index (χ0v) is 15.2. The summed E-state index contributed by atoms with van der Waals surface area (Å²) in [4.78, 5) is 12.1. The number of carbonyl (C=O) groups excluding carboxylic acids is 1. The van der Waals surface area contributed by atoms with Gasteiger partial charge in [-0.25, -0.2) is 4.39 Å². The van der Waals surface area contributed by atoms with Crippen LogP contribution in [0.1, 0.15) is 21.5 Å². The molecule has 7 heteroatoms. The lowest BCUT2D eigenvalue weighted by molar-refractivity contribution is 0.101. The lowest BCUT2D eigenvalue weighted by Gasteiger charge is -2.02. The Morgan fingerprint density at radius 2 is 1.92 bits per heavy atom. The summed E-state index contributed by atoms with van der Waals surface area (Å²) < 4.78 is 14.3. The van der Waals surface area contributed by atoms with Crippen LogP contribution in [0.5, 0.6) is 0 Å². The number of nitrogens with zero attached hydrogens (tertiary/aromatic N) is 2. The predicted octanol–water partition coefficient (Wildman–Crippen LogP) is 4.57. The maximum absolute atomic E-state index is 13.6. The molecule has 0 saturated heterocycles. The third kappa shape index (κ3) is 4.87. The van der Waals surface area contributed by atoms with Crippen LogP contribution in [0.2, 0.25) is 0 Å². The molecule has 0 fully saturated rings. The molecule has 0 unspecified atom stereocenters. The first-order chi connectivity index (χ1) is 12.1. The molecule has 0 saturated carbocycles. The van der Waals surface area contributed by atoms with Crippen LogP contribution in [-0.4, -0.2) is 22.5 Å². The largest absolute Gasteiger partial charge is 0.353 e. The standard InChI is InChI=1S/C18H16FN3OS2/c1-12-6-8-13(9-7-12)16(23)10-20-17-21-22-18(25-17)24-11-14-4-2-3-5-15(14)19/h2-9H,10-11H2,1H3,(H,20,21). The van der Waals surface area contributed by atoms with Gasteiger partial charge >= 0.3 is 0 Å². The van der Waals surface area contributed by atoms with Crippen LogP contribution >= 0.6 is 23.1 Å². The average Bonchev–Trinajstić information content (AvgIpc) is 3.07. The van der Waals surface area contributed by atoms with E-state index in [1.807, 2.05) is 37.3 Å². The van der Waals surface area contributed by atoms with Gasteiger partial charge in [0.2, 0.25) is 5.13 Å². The molecule has 2 aromatic carbocycles. The monoisotopic (exact) mass is 373 g/mol. The van der Waals surface area contributed by atoms with Gasteiger partial charge in [0.25, 0.3) is 0 Å². The van der Waals surface area contributed by atoms with Gasteiger partial charge < -0.3 is 5.32 Å². The van der Waals surface area contributed by atoms with E-state index in [1.165, 1.54) is 29.2 Å². The predicted molar refractivity (Wildman–Crippen MR) is 99.9 cm³/mol. The third-order valence-corrected chi connectivity index (χ3v) is 5.55. The van der Waals surface area contributed by atoms with Crippen LogP contribution in [-0.2, 0) is 5.75 Å². The molecule has 128 valence electrons. The fraction of sp³-hybridized carbons (Fsp3) is 0.167. The first-order valence-electron chi connectivity index (χ1n) is 7.65. The molecular weight excluding hydrogens is 357 g/mol. The van der Waals surface area contributed by atoms with Gasteiger partial charge in [-0.05, 0) is 18.6 Å². The van der Waals surface area contributed by atoms with Gasteiger partial charge in [-0.3, -0.25) is 4.79 Å². The highest BCUT2D eigenvalue weighted by Crippen LogP contribution is 2.28. The number of rotatable bonds is 7. The average molecular weight is 373 g/mol. The quantitative estimate of drug-likeness (QED) is 0.485. The summed E-state index contributed by atoms with van der Waals surface area (Å²) in [6.45, 7) is 2.14. The van der Waals surface area contributed by atoms with Gasteiger partial charge in [0.05, 0.1) is 6.54 Å². The number of aromatic nitrogens is 2. The number of ketones is 1. The van der Waals surface area contributed by atoms with E-state index in [0.717, 1.165) is 9.90 Å². The normalized spacial score (nSPS) is 10.6. The Balaban J connectivity index is 1.52. The van der Waals surface area contributed by atoms with E-state index in [0.29, 0.717) is 22.0 Å². The first kappa shape index (κ1) is 17.6. The minimum atomic E-state index is -0.221. The number of hydrogen-bond acceptors (Lipinski definition) is 6. The fourth-order valence-corrected chi connectivity index (χ4v) is 3.83. The Morgan fingerprint density at radius 1 is 1.16 bits per heavy atom. The number of carbonyl (C=O) groups is 1. The topological polar surface area (TPSA) is 54.9 Å². The lowest BCUT2D eigenvalue weighted by Crippen LogP contribution is -2.13. The Kier molecular flexibility index (Phi) is 5.78. The van der Waals surface area contributed by atoms with E-state index < -0.39 is 0 Å². The molecule has 0 aliphatic carbocycles. The molecule has 0 radical (unpaired) electrons. The highest BCUT2D eigenvalue weighted by molar-refractivity contribution is 8.00. The summed E-state index contributed by atoms with van der Waals surface area (Å²) in [5.74, 6) is 0.265. The van der Waals surface area contributed by atoms with Gasteiger partial charge in [-0.1, -0.05) is 71.1 Å². The Bertz CT molecular complexity index is 865. The van der Waals surface area contributed by atoms with Crippen molar-refractivity contribution in [1.29, 1.82) is 0 Å². The van der Waals surface area contributed by atoms with E-state index in [4.69, 9.17) is 0 Å².